The van der Waals surface area contributed by atoms with Crippen LogP contribution in [0.15, 0.2) is 152 Å². The van der Waals surface area contributed by atoms with Crippen molar-refractivity contribution in [3.05, 3.63) is 163 Å². The van der Waals surface area contributed by atoms with Crippen molar-refractivity contribution >= 4 is 38.6 Å². The summed E-state index contributed by atoms with van der Waals surface area (Å²) >= 11 is 0. The predicted molar refractivity (Wildman–Crippen MR) is 181 cm³/mol. The predicted octanol–water partition coefficient (Wildman–Crippen LogP) is 11.7. The molecule has 0 saturated heterocycles. The van der Waals surface area contributed by atoms with E-state index in [1.165, 1.54) is 66.3 Å². The van der Waals surface area contributed by atoms with Gasteiger partial charge < -0.3 is 4.90 Å². The SMILES string of the molecule is CC1(C)c2ccccc2-c2ccc(N(c3ccc(-c4ccccc4)cc3)c3cccc4ccc5ccccc5c34)cc21.[HH]. The molecule has 1 nitrogen and oxygen atoms in total. The third kappa shape index (κ3) is 3.78. The second kappa shape index (κ2) is 9.46. The third-order valence-corrected chi connectivity index (χ3v) is 9.05. The first-order valence-electron chi connectivity index (χ1n) is 14.7. The van der Waals surface area contributed by atoms with Gasteiger partial charge in [0, 0.05) is 23.6 Å². The molecule has 0 radical (unpaired) electrons. The highest BCUT2D eigenvalue weighted by atomic mass is 15.1. The molecule has 1 aliphatic carbocycles. The number of fused-ring (bicyclic) bond motifs is 6. The zero-order valence-electron chi connectivity index (χ0n) is 23.9. The van der Waals surface area contributed by atoms with Crippen molar-refractivity contribution in [1.82, 2.24) is 0 Å². The topological polar surface area (TPSA) is 3.24 Å². The molecule has 0 bridgehead atoms. The number of nitrogens with zero attached hydrogens (tertiary/aromatic N) is 1. The van der Waals surface area contributed by atoms with Crippen LogP contribution >= 0.6 is 0 Å². The van der Waals surface area contributed by atoms with Gasteiger partial charge in [0.1, 0.15) is 0 Å². The Hall–Kier alpha value is -5.14. The first kappa shape index (κ1) is 24.6. The molecule has 42 heavy (non-hydrogen) atoms. The zero-order valence-corrected chi connectivity index (χ0v) is 23.9. The van der Waals surface area contributed by atoms with Gasteiger partial charge in [0.15, 0.2) is 0 Å². The van der Waals surface area contributed by atoms with Gasteiger partial charge in [-0.3, -0.25) is 0 Å². The summed E-state index contributed by atoms with van der Waals surface area (Å²) in [5.74, 6) is 0. The summed E-state index contributed by atoms with van der Waals surface area (Å²) in [6.07, 6.45) is 0. The lowest BCUT2D eigenvalue weighted by Crippen LogP contribution is -2.16. The summed E-state index contributed by atoms with van der Waals surface area (Å²) in [7, 11) is 0. The molecule has 0 unspecified atom stereocenters. The van der Waals surface area contributed by atoms with Crippen LogP contribution in [0.25, 0.3) is 43.8 Å². The largest absolute Gasteiger partial charge is 0.310 e. The van der Waals surface area contributed by atoms with Crippen LogP contribution in [0.1, 0.15) is 26.4 Å². The van der Waals surface area contributed by atoms with E-state index < -0.39 is 0 Å². The molecule has 1 aliphatic rings. The second-order valence-electron chi connectivity index (χ2n) is 11.8. The lowest BCUT2D eigenvalue weighted by molar-refractivity contribution is 0.660. The quantitative estimate of drug-likeness (QED) is 0.201. The molecule has 0 heterocycles. The fourth-order valence-electron chi connectivity index (χ4n) is 6.92. The Morgan fingerprint density at radius 2 is 1.12 bits per heavy atom. The number of benzene rings is 7. The Bertz CT molecular complexity index is 2110. The summed E-state index contributed by atoms with van der Waals surface area (Å²) in [6, 6.07) is 55.4. The Kier molecular flexibility index (Phi) is 5.55. The molecule has 7 aromatic carbocycles. The van der Waals surface area contributed by atoms with Gasteiger partial charge >= 0.3 is 0 Å². The number of hydrogen-bond acceptors (Lipinski definition) is 1. The van der Waals surface area contributed by atoms with Gasteiger partial charge in [0.25, 0.3) is 0 Å². The molecule has 0 spiro atoms. The van der Waals surface area contributed by atoms with E-state index in [1.807, 2.05) is 0 Å². The number of hydrogen-bond donors (Lipinski definition) is 0. The van der Waals surface area contributed by atoms with Crippen molar-refractivity contribution < 1.29 is 1.43 Å². The zero-order chi connectivity index (χ0) is 28.3. The Morgan fingerprint density at radius 3 is 1.98 bits per heavy atom. The van der Waals surface area contributed by atoms with Crippen LogP contribution in [0.2, 0.25) is 0 Å². The molecule has 0 amide bonds. The summed E-state index contributed by atoms with van der Waals surface area (Å²) in [5, 5.41) is 5.03. The lowest BCUT2D eigenvalue weighted by Gasteiger charge is -2.29. The molecule has 0 fully saturated rings. The Balaban J connectivity index is 0.00000300. The summed E-state index contributed by atoms with van der Waals surface area (Å²) in [4.78, 5) is 2.45. The van der Waals surface area contributed by atoms with E-state index in [0.717, 1.165) is 5.69 Å². The molecular weight excluding hydrogens is 506 g/mol. The molecule has 0 saturated carbocycles. The van der Waals surface area contributed by atoms with Gasteiger partial charge in [-0.15, -0.1) is 0 Å². The van der Waals surface area contributed by atoms with Crippen molar-refractivity contribution in [2.75, 3.05) is 4.90 Å². The summed E-state index contributed by atoms with van der Waals surface area (Å²) in [5.41, 5.74) is 11.3. The van der Waals surface area contributed by atoms with Crippen molar-refractivity contribution in [3.8, 4) is 22.3 Å². The van der Waals surface area contributed by atoms with Crippen LogP contribution in [0, 0.1) is 0 Å². The van der Waals surface area contributed by atoms with Crippen LogP contribution < -0.4 is 4.90 Å². The average Bonchev–Trinajstić information content (AvgIpc) is 3.28. The van der Waals surface area contributed by atoms with Gasteiger partial charge in [-0.2, -0.15) is 0 Å². The van der Waals surface area contributed by atoms with E-state index in [9.17, 15) is 0 Å². The molecule has 202 valence electrons. The number of rotatable bonds is 4. The first-order valence-corrected chi connectivity index (χ1v) is 14.7. The van der Waals surface area contributed by atoms with Crippen molar-refractivity contribution in [3.63, 3.8) is 0 Å². The van der Waals surface area contributed by atoms with Crippen LogP contribution in [0.4, 0.5) is 17.1 Å². The molecular formula is C41H33N. The van der Waals surface area contributed by atoms with Gasteiger partial charge in [-0.25, -0.2) is 0 Å². The highest BCUT2D eigenvalue weighted by molar-refractivity contribution is 6.15. The van der Waals surface area contributed by atoms with Crippen molar-refractivity contribution in [2.24, 2.45) is 0 Å². The van der Waals surface area contributed by atoms with E-state index >= 15 is 0 Å². The van der Waals surface area contributed by atoms with Gasteiger partial charge in [-0.1, -0.05) is 135 Å². The van der Waals surface area contributed by atoms with Crippen LogP contribution in [0.3, 0.4) is 0 Å². The van der Waals surface area contributed by atoms with Gasteiger partial charge in [0.2, 0.25) is 0 Å². The maximum Gasteiger partial charge on any atom is 0.0546 e. The number of anilines is 3. The van der Waals surface area contributed by atoms with Gasteiger partial charge in [0.05, 0.1) is 5.69 Å². The highest BCUT2D eigenvalue weighted by Crippen LogP contribution is 2.51. The van der Waals surface area contributed by atoms with Crippen molar-refractivity contribution in [2.45, 2.75) is 19.3 Å². The van der Waals surface area contributed by atoms with Crippen molar-refractivity contribution in [1.29, 1.82) is 0 Å². The standard InChI is InChI=1S/C41H31N.H2/c1-41(2)37-17-9-8-16-35(37)36-26-25-33(27-38(36)41)42(32-23-21-29(22-24-32)28-11-4-3-5-12-28)39-18-10-14-31-20-19-30-13-6-7-15-34(30)40(31)39;/h3-27H,1-2H3;1H. The fraction of sp³-hybridized carbons (Fsp3) is 0.0732. The minimum atomic E-state index is -0.0732. The Labute approximate surface area is 248 Å². The molecule has 1 heteroatoms. The normalized spacial score (nSPS) is 13.2. The third-order valence-electron chi connectivity index (χ3n) is 9.05. The van der Waals surface area contributed by atoms with Crippen LogP contribution in [-0.4, -0.2) is 0 Å². The molecule has 7 aromatic rings. The van der Waals surface area contributed by atoms with Crippen LogP contribution in [0.5, 0.6) is 0 Å². The second-order valence-corrected chi connectivity index (χ2v) is 11.8. The maximum absolute atomic E-state index is 2.45. The van der Waals surface area contributed by atoms with E-state index in [1.54, 1.807) is 0 Å². The van der Waals surface area contributed by atoms with E-state index in [4.69, 9.17) is 0 Å². The highest BCUT2D eigenvalue weighted by Gasteiger charge is 2.35. The lowest BCUT2D eigenvalue weighted by atomic mass is 9.82. The molecule has 0 aliphatic heterocycles. The smallest absolute Gasteiger partial charge is 0.0546 e. The maximum atomic E-state index is 2.45. The van der Waals surface area contributed by atoms with E-state index in [0.29, 0.717) is 0 Å². The minimum absolute atomic E-state index is 0. The summed E-state index contributed by atoms with van der Waals surface area (Å²) in [6.45, 7) is 4.71. The van der Waals surface area contributed by atoms with E-state index in [-0.39, 0.29) is 6.84 Å². The molecule has 8 rings (SSSR count). The monoisotopic (exact) mass is 539 g/mol. The fourth-order valence-corrected chi connectivity index (χ4v) is 6.92. The first-order chi connectivity index (χ1) is 20.6. The molecule has 0 N–H and O–H groups in total. The average molecular weight is 540 g/mol. The minimum Gasteiger partial charge on any atom is -0.310 e. The van der Waals surface area contributed by atoms with Crippen LogP contribution in [-0.2, 0) is 5.41 Å². The summed E-state index contributed by atoms with van der Waals surface area (Å²) < 4.78 is 0. The molecule has 0 atom stereocenters. The molecule has 0 aromatic heterocycles. The van der Waals surface area contributed by atoms with Gasteiger partial charge in [-0.05, 0) is 79.9 Å². The Morgan fingerprint density at radius 1 is 0.476 bits per heavy atom. The van der Waals surface area contributed by atoms with E-state index in [2.05, 4.69) is 170 Å².